The number of nitrogens with two attached hydrogens (primary N) is 2. The lowest BCUT2D eigenvalue weighted by atomic mass is 10.1. The molecular weight excluding hydrogens is 342 g/mol. The highest BCUT2D eigenvalue weighted by Gasteiger charge is 2.26. The third kappa shape index (κ3) is 4.50. The fraction of sp³-hybridized carbons (Fsp3) is 0.250. The fourth-order valence-corrected chi connectivity index (χ4v) is 2.44. The van der Waals surface area contributed by atoms with Gasteiger partial charge in [0, 0.05) is 23.2 Å². The molecule has 10 heteroatoms. The number of hydrogen-bond acceptors (Lipinski definition) is 4. The zero-order chi connectivity index (χ0) is 19.3. The van der Waals surface area contributed by atoms with Crippen molar-refractivity contribution in [3.8, 4) is 5.75 Å². The number of hydrogen-bond donors (Lipinski definition) is 7. The minimum absolute atomic E-state index is 0.0118. The van der Waals surface area contributed by atoms with E-state index in [2.05, 4.69) is 15.3 Å². The van der Waals surface area contributed by atoms with Crippen LogP contribution in [0.1, 0.15) is 23.2 Å². The lowest BCUT2D eigenvalue weighted by Gasteiger charge is -2.13. The third-order valence-corrected chi connectivity index (χ3v) is 3.72. The monoisotopic (exact) mass is 362 g/mol. The Morgan fingerprint density at radius 2 is 2.00 bits per heavy atom. The van der Waals surface area contributed by atoms with Crippen LogP contribution >= 0.6 is 0 Å². The van der Waals surface area contributed by atoms with Gasteiger partial charge in [0.1, 0.15) is 11.8 Å². The SMILES string of the molecule is NC(N)=[NH+]CCC[C@H](NC(=O)C(=O)c1c[nH]c2cc(O)ccc12)C(=O)O. The number of benzene rings is 1. The van der Waals surface area contributed by atoms with Crippen molar-refractivity contribution in [1.29, 1.82) is 0 Å². The number of amides is 1. The van der Waals surface area contributed by atoms with Crippen LogP contribution < -0.4 is 21.8 Å². The van der Waals surface area contributed by atoms with Gasteiger partial charge in [-0.25, -0.2) is 4.79 Å². The number of ketones is 1. The topological polar surface area (TPSA) is 185 Å². The van der Waals surface area contributed by atoms with Gasteiger partial charge in [-0.3, -0.25) is 26.0 Å². The Morgan fingerprint density at radius 3 is 2.65 bits per heavy atom. The molecule has 0 aliphatic carbocycles. The molecule has 1 amide bonds. The Balaban J connectivity index is 2.06. The van der Waals surface area contributed by atoms with Gasteiger partial charge in [0.2, 0.25) is 0 Å². The van der Waals surface area contributed by atoms with E-state index in [4.69, 9.17) is 11.5 Å². The first-order valence-corrected chi connectivity index (χ1v) is 7.79. The number of Topliss-reactive ketones (excluding diaryl/α,β-unsaturated/α-hetero) is 1. The van der Waals surface area contributed by atoms with Crippen LogP contribution in [0.25, 0.3) is 10.9 Å². The number of nitrogens with one attached hydrogen (secondary N) is 3. The highest BCUT2D eigenvalue weighted by molar-refractivity contribution is 6.45. The van der Waals surface area contributed by atoms with Crippen molar-refractivity contribution in [2.75, 3.05) is 6.54 Å². The van der Waals surface area contributed by atoms with Gasteiger partial charge in [-0.05, 0) is 25.0 Å². The zero-order valence-corrected chi connectivity index (χ0v) is 13.8. The molecule has 1 heterocycles. The smallest absolute Gasteiger partial charge is 0.338 e. The molecule has 1 aromatic heterocycles. The Bertz CT molecular complexity index is 869. The summed E-state index contributed by atoms with van der Waals surface area (Å²) in [6.45, 7) is 0.335. The largest absolute Gasteiger partial charge is 0.508 e. The van der Waals surface area contributed by atoms with Crippen LogP contribution in [0.5, 0.6) is 5.75 Å². The van der Waals surface area contributed by atoms with Gasteiger partial charge >= 0.3 is 11.9 Å². The average molecular weight is 362 g/mol. The predicted octanol–water partition coefficient (Wildman–Crippen LogP) is -2.24. The van der Waals surface area contributed by atoms with Crippen LogP contribution in [0.4, 0.5) is 0 Å². The Kier molecular flexibility index (Phi) is 5.78. The molecule has 2 rings (SSSR count). The molecule has 0 bridgehead atoms. The summed E-state index contributed by atoms with van der Waals surface area (Å²) in [5.74, 6) is -3.12. The fourth-order valence-electron chi connectivity index (χ4n) is 2.44. The standard InChI is InChI=1S/C16H19N5O5/c17-16(18)19-5-1-2-11(15(25)26)21-14(24)13(23)10-7-20-12-6-8(22)3-4-9(10)12/h3-4,6-7,11,20,22H,1-2,5H2,(H,21,24)(H,25,26)(H4,17,18,19)/p+1/t11-/m0/s1. The maximum Gasteiger partial charge on any atom is 0.338 e. The second kappa shape index (κ2) is 8.01. The van der Waals surface area contributed by atoms with Crippen LogP contribution in [-0.4, -0.2) is 51.4 Å². The van der Waals surface area contributed by atoms with E-state index in [-0.39, 0.29) is 23.7 Å². The molecule has 0 aliphatic rings. The molecular formula is C16H20N5O5+. The molecule has 0 saturated carbocycles. The Hall–Kier alpha value is -3.56. The number of phenols is 1. The summed E-state index contributed by atoms with van der Waals surface area (Å²) < 4.78 is 0. The normalized spacial score (nSPS) is 11.7. The van der Waals surface area contributed by atoms with Gasteiger partial charge < -0.3 is 20.5 Å². The van der Waals surface area contributed by atoms with Crippen molar-refractivity contribution in [3.05, 3.63) is 30.0 Å². The highest BCUT2D eigenvalue weighted by atomic mass is 16.4. The number of phenolic OH excluding ortho intramolecular Hbond substituents is 1. The van der Waals surface area contributed by atoms with E-state index >= 15 is 0 Å². The number of aromatic nitrogens is 1. The minimum atomic E-state index is -1.25. The minimum Gasteiger partial charge on any atom is -0.508 e. The number of carboxylic acid groups (broad SMARTS) is 1. The number of H-pyrrole nitrogens is 1. The van der Waals surface area contributed by atoms with Gasteiger partial charge in [0.05, 0.1) is 12.1 Å². The van der Waals surface area contributed by atoms with E-state index < -0.39 is 23.7 Å². The maximum atomic E-state index is 12.3. The molecule has 0 aliphatic heterocycles. The molecule has 2 aromatic rings. The lowest BCUT2D eigenvalue weighted by Crippen LogP contribution is -2.78. The van der Waals surface area contributed by atoms with Gasteiger partial charge in [-0.2, -0.15) is 0 Å². The number of aromatic hydroxyl groups is 1. The number of guanidine groups is 1. The summed E-state index contributed by atoms with van der Waals surface area (Å²) in [6.07, 6.45) is 1.80. The van der Waals surface area contributed by atoms with Crippen molar-refractivity contribution in [2.24, 2.45) is 11.5 Å². The number of carboxylic acids is 1. The van der Waals surface area contributed by atoms with E-state index in [1.165, 1.54) is 24.4 Å². The zero-order valence-electron chi connectivity index (χ0n) is 13.8. The molecule has 1 aromatic carbocycles. The Labute approximate surface area is 147 Å². The first-order chi connectivity index (χ1) is 12.3. The van der Waals surface area contributed by atoms with Gasteiger partial charge in [-0.15, -0.1) is 0 Å². The molecule has 9 N–H and O–H groups in total. The third-order valence-electron chi connectivity index (χ3n) is 3.72. The van der Waals surface area contributed by atoms with Gasteiger partial charge in [0.25, 0.3) is 11.7 Å². The Morgan fingerprint density at radius 1 is 1.27 bits per heavy atom. The second-order valence-corrected chi connectivity index (χ2v) is 5.65. The molecule has 1 atom stereocenters. The van der Waals surface area contributed by atoms with E-state index in [0.717, 1.165) is 0 Å². The molecule has 0 unspecified atom stereocenters. The first-order valence-electron chi connectivity index (χ1n) is 7.79. The molecule has 0 spiro atoms. The number of carbonyl (C=O) groups is 3. The van der Waals surface area contributed by atoms with E-state index in [9.17, 15) is 24.6 Å². The lowest BCUT2D eigenvalue weighted by molar-refractivity contribution is -0.459. The van der Waals surface area contributed by atoms with Crippen LogP contribution in [0.2, 0.25) is 0 Å². The van der Waals surface area contributed by atoms with Crippen LogP contribution in [-0.2, 0) is 9.59 Å². The summed E-state index contributed by atoms with van der Waals surface area (Å²) in [4.78, 5) is 41.2. The van der Waals surface area contributed by atoms with Crippen molar-refractivity contribution in [2.45, 2.75) is 18.9 Å². The number of carbonyl (C=O) groups excluding carboxylic acids is 2. The quantitative estimate of drug-likeness (QED) is 0.0909. The van der Waals surface area contributed by atoms with E-state index in [0.29, 0.717) is 23.9 Å². The summed E-state index contributed by atoms with van der Waals surface area (Å²) in [5.41, 5.74) is 11.0. The number of aromatic amines is 1. The highest BCUT2D eigenvalue weighted by Crippen LogP contribution is 2.22. The summed E-state index contributed by atoms with van der Waals surface area (Å²) in [6, 6.07) is 3.08. The number of rotatable bonds is 8. The summed E-state index contributed by atoms with van der Waals surface area (Å²) >= 11 is 0. The van der Waals surface area contributed by atoms with Crippen molar-refractivity contribution in [1.82, 2.24) is 10.3 Å². The van der Waals surface area contributed by atoms with E-state index in [1.807, 2.05) is 0 Å². The predicted molar refractivity (Wildman–Crippen MR) is 92.3 cm³/mol. The average Bonchev–Trinajstić information content (AvgIpc) is 2.99. The molecule has 0 radical (unpaired) electrons. The molecule has 138 valence electrons. The van der Waals surface area contributed by atoms with Crippen LogP contribution in [0.3, 0.4) is 0 Å². The van der Waals surface area contributed by atoms with Crippen molar-refractivity contribution >= 4 is 34.5 Å². The van der Waals surface area contributed by atoms with Crippen LogP contribution in [0.15, 0.2) is 24.4 Å². The van der Waals surface area contributed by atoms with Gasteiger partial charge in [-0.1, -0.05) is 0 Å². The second-order valence-electron chi connectivity index (χ2n) is 5.65. The maximum absolute atomic E-state index is 12.3. The molecule has 0 saturated heterocycles. The molecule has 10 nitrogen and oxygen atoms in total. The summed E-state index contributed by atoms with van der Waals surface area (Å²) in [7, 11) is 0. The first kappa shape index (κ1) is 18.8. The number of fused-ring (bicyclic) bond motifs is 1. The number of aliphatic carboxylic acids is 1. The van der Waals surface area contributed by atoms with Crippen molar-refractivity contribution in [3.63, 3.8) is 0 Å². The molecule has 26 heavy (non-hydrogen) atoms. The van der Waals surface area contributed by atoms with E-state index in [1.54, 1.807) is 0 Å². The molecule has 0 fully saturated rings. The van der Waals surface area contributed by atoms with Crippen LogP contribution in [0, 0.1) is 0 Å². The van der Waals surface area contributed by atoms with Crippen molar-refractivity contribution < 1.29 is 29.6 Å². The summed E-state index contributed by atoms with van der Waals surface area (Å²) in [5, 5.41) is 21.3. The van der Waals surface area contributed by atoms with Gasteiger partial charge in [0.15, 0.2) is 0 Å².